The van der Waals surface area contributed by atoms with Crippen LogP contribution >= 0.6 is 11.6 Å². The molecular formula is C22H20ClNO4. The molecule has 0 bridgehead atoms. The Kier molecular flexibility index (Phi) is 5.56. The topological polar surface area (TPSA) is 55.8 Å². The van der Waals surface area contributed by atoms with Gasteiger partial charge in [-0.05, 0) is 55.3 Å². The minimum atomic E-state index is -0.569. The van der Waals surface area contributed by atoms with Gasteiger partial charge in [0.1, 0.15) is 5.75 Å². The monoisotopic (exact) mass is 397 g/mol. The van der Waals surface area contributed by atoms with Crippen LogP contribution in [-0.4, -0.2) is 26.1 Å². The van der Waals surface area contributed by atoms with E-state index in [9.17, 15) is 9.59 Å². The first kappa shape index (κ1) is 19.7. The van der Waals surface area contributed by atoms with Crippen LogP contribution in [0.5, 0.6) is 5.75 Å². The summed E-state index contributed by atoms with van der Waals surface area (Å²) in [5.41, 5.74) is 3.21. The SMILES string of the molecule is COC(=O)C1=C(C)N(c2ccc(C)c(Cl)c2)C(=O)/C1=C\c1cccc(OC)c1. The van der Waals surface area contributed by atoms with Gasteiger partial charge in [-0.2, -0.15) is 0 Å². The summed E-state index contributed by atoms with van der Waals surface area (Å²) in [7, 11) is 2.86. The predicted molar refractivity (Wildman–Crippen MR) is 109 cm³/mol. The highest BCUT2D eigenvalue weighted by atomic mass is 35.5. The molecule has 0 saturated carbocycles. The number of benzene rings is 2. The molecule has 0 aromatic heterocycles. The molecule has 0 aliphatic carbocycles. The minimum absolute atomic E-state index is 0.229. The number of nitrogens with zero attached hydrogens (tertiary/aromatic N) is 1. The third kappa shape index (κ3) is 3.53. The summed E-state index contributed by atoms with van der Waals surface area (Å²) < 4.78 is 10.2. The Labute approximate surface area is 168 Å². The number of carbonyl (C=O) groups excluding carboxylic acids is 2. The van der Waals surface area contributed by atoms with Crippen molar-refractivity contribution in [2.75, 3.05) is 19.1 Å². The van der Waals surface area contributed by atoms with Crippen LogP contribution in [0.1, 0.15) is 18.1 Å². The van der Waals surface area contributed by atoms with E-state index in [1.807, 2.05) is 25.1 Å². The second-order valence-corrected chi connectivity index (χ2v) is 6.77. The van der Waals surface area contributed by atoms with Gasteiger partial charge in [-0.1, -0.05) is 29.8 Å². The molecule has 28 heavy (non-hydrogen) atoms. The number of ether oxygens (including phenoxy) is 2. The van der Waals surface area contributed by atoms with Crippen molar-refractivity contribution in [3.63, 3.8) is 0 Å². The summed E-state index contributed by atoms with van der Waals surface area (Å²) in [5, 5.41) is 0.544. The first-order valence-electron chi connectivity index (χ1n) is 8.63. The molecule has 0 unspecified atom stereocenters. The van der Waals surface area contributed by atoms with Crippen molar-refractivity contribution in [2.45, 2.75) is 13.8 Å². The fourth-order valence-corrected chi connectivity index (χ4v) is 3.28. The molecule has 1 amide bonds. The number of allylic oxidation sites excluding steroid dienone is 1. The van der Waals surface area contributed by atoms with E-state index in [0.717, 1.165) is 11.1 Å². The molecular weight excluding hydrogens is 378 g/mol. The van der Waals surface area contributed by atoms with Crippen LogP contribution in [0.3, 0.4) is 0 Å². The number of esters is 1. The van der Waals surface area contributed by atoms with Crippen LogP contribution in [0.25, 0.3) is 6.08 Å². The molecule has 0 N–H and O–H groups in total. The van der Waals surface area contributed by atoms with Crippen molar-refractivity contribution < 1.29 is 19.1 Å². The molecule has 5 nitrogen and oxygen atoms in total. The van der Waals surface area contributed by atoms with Crippen molar-refractivity contribution in [3.8, 4) is 5.75 Å². The smallest absolute Gasteiger partial charge is 0.340 e. The summed E-state index contributed by atoms with van der Waals surface area (Å²) >= 11 is 6.24. The Morgan fingerprint density at radius 1 is 1.11 bits per heavy atom. The third-order valence-electron chi connectivity index (χ3n) is 4.61. The predicted octanol–water partition coefficient (Wildman–Crippen LogP) is 4.53. The summed E-state index contributed by atoms with van der Waals surface area (Å²) in [6, 6.07) is 12.6. The number of amides is 1. The molecule has 0 fully saturated rings. The van der Waals surface area contributed by atoms with Crippen LogP contribution < -0.4 is 9.64 Å². The normalized spacial score (nSPS) is 15.4. The maximum absolute atomic E-state index is 13.2. The van der Waals surface area contributed by atoms with Gasteiger partial charge in [0, 0.05) is 10.7 Å². The van der Waals surface area contributed by atoms with Gasteiger partial charge in [0.25, 0.3) is 5.91 Å². The molecule has 1 aliphatic heterocycles. The Balaban J connectivity index is 2.14. The molecule has 0 atom stereocenters. The molecule has 1 heterocycles. The second kappa shape index (κ2) is 7.90. The third-order valence-corrected chi connectivity index (χ3v) is 5.02. The number of hydrogen-bond acceptors (Lipinski definition) is 4. The van der Waals surface area contributed by atoms with E-state index in [0.29, 0.717) is 22.2 Å². The molecule has 0 spiro atoms. The van der Waals surface area contributed by atoms with Crippen LogP contribution in [0.15, 0.2) is 59.3 Å². The maximum atomic E-state index is 13.2. The Morgan fingerprint density at radius 2 is 1.86 bits per heavy atom. The van der Waals surface area contributed by atoms with Crippen LogP contribution in [0, 0.1) is 6.92 Å². The number of methoxy groups -OCH3 is 2. The molecule has 0 radical (unpaired) electrons. The summed E-state index contributed by atoms with van der Waals surface area (Å²) in [6.45, 7) is 3.60. The first-order chi connectivity index (χ1) is 13.4. The van der Waals surface area contributed by atoms with E-state index in [1.54, 1.807) is 44.4 Å². The fourth-order valence-electron chi connectivity index (χ4n) is 3.11. The number of carbonyl (C=O) groups is 2. The molecule has 0 saturated heterocycles. The number of rotatable bonds is 4. The zero-order valence-electron chi connectivity index (χ0n) is 16.1. The number of anilines is 1. The van der Waals surface area contributed by atoms with Gasteiger partial charge in [-0.3, -0.25) is 9.69 Å². The zero-order chi connectivity index (χ0) is 20.4. The van der Waals surface area contributed by atoms with Gasteiger partial charge in [0.15, 0.2) is 0 Å². The second-order valence-electron chi connectivity index (χ2n) is 6.36. The standard InChI is InChI=1S/C22H20ClNO4/c1-13-8-9-16(12-19(13)23)24-14(2)20(22(26)28-4)18(21(24)25)11-15-6-5-7-17(10-15)27-3/h5-12H,1-4H3/b18-11-. The molecule has 3 rings (SSSR count). The molecule has 1 aliphatic rings. The maximum Gasteiger partial charge on any atom is 0.340 e. The van der Waals surface area contributed by atoms with Crippen LogP contribution in [0.2, 0.25) is 5.02 Å². The van der Waals surface area contributed by atoms with Gasteiger partial charge >= 0.3 is 5.97 Å². The Hall–Kier alpha value is -3.05. The highest BCUT2D eigenvalue weighted by Crippen LogP contribution is 2.37. The van der Waals surface area contributed by atoms with Crippen molar-refractivity contribution >= 4 is 35.2 Å². The highest BCUT2D eigenvalue weighted by Gasteiger charge is 2.38. The van der Waals surface area contributed by atoms with E-state index in [2.05, 4.69) is 0 Å². The largest absolute Gasteiger partial charge is 0.497 e. The van der Waals surface area contributed by atoms with E-state index < -0.39 is 5.97 Å². The van der Waals surface area contributed by atoms with Crippen LogP contribution in [0.4, 0.5) is 5.69 Å². The summed E-state index contributed by atoms with van der Waals surface area (Å²) in [6.07, 6.45) is 1.66. The Morgan fingerprint density at radius 3 is 2.50 bits per heavy atom. The molecule has 2 aromatic carbocycles. The molecule has 2 aromatic rings. The van der Waals surface area contributed by atoms with E-state index in [1.165, 1.54) is 12.0 Å². The van der Waals surface area contributed by atoms with Gasteiger partial charge in [0.2, 0.25) is 0 Å². The van der Waals surface area contributed by atoms with E-state index in [4.69, 9.17) is 21.1 Å². The van der Waals surface area contributed by atoms with Gasteiger partial charge in [-0.25, -0.2) is 4.79 Å². The average molecular weight is 398 g/mol. The number of hydrogen-bond donors (Lipinski definition) is 0. The van der Waals surface area contributed by atoms with Gasteiger partial charge < -0.3 is 9.47 Å². The first-order valence-corrected chi connectivity index (χ1v) is 9.01. The minimum Gasteiger partial charge on any atom is -0.497 e. The number of halogens is 1. The van der Waals surface area contributed by atoms with Crippen molar-refractivity contribution in [1.82, 2.24) is 0 Å². The summed E-state index contributed by atoms with van der Waals surface area (Å²) in [4.78, 5) is 27.2. The van der Waals surface area contributed by atoms with E-state index in [-0.39, 0.29) is 17.1 Å². The highest BCUT2D eigenvalue weighted by molar-refractivity contribution is 6.32. The zero-order valence-corrected chi connectivity index (χ0v) is 16.8. The van der Waals surface area contributed by atoms with Crippen LogP contribution in [-0.2, 0) is 14.3 Å². The van der Waals surface area contributed by atoms with Gasteiger partial charge in [0.05, 0.1) is 31.1 Å². The molecule has 144 valence electrons. The fraction of sp³-hybridized carbons (Fsp3) is 0.182. The quantitative estimate of drug-likeness (QED) is 0.561. The van der Waals surface area contributed by atoms with Crippen molar-refractivity contribution in [3.05, 3.63) is 75.5 Å². The lowest BCUT2D eigenvalue weighted by molar-refractivity contribution is -0.136. The van der Waals surface area contributed by atoms with Crippen molar-refractivity contribution in [1.29, 1.82) is 0 Å². The molecule has 6 heteroatoms. The summed E-state index contributed by atoms with van der Waals surface area (Å²) in [5.74, 6) is -0.233. The lowest BCUT2D eigenvalue weighted by Crippen LogP contribution is -2.24. The average Bonchev–Trinajstić information content (AvgIpc) is 2.93. The lowest BCUT2D eigenvalue weighted by Gasteiger charge is -2.18. The van der Waals surface area contributed by atoms with Crippen molar-refractivity contribution in [2.24, 2.45) is 0 Å². The number of aryl methyl sites for hydroxylation is 1. The van der Waals surface area contributed by atoms with E-state index >= 15 is 0 Å². The van der Waals surface area contributed by atoms with Gasteiger partial charge in [-0.15, -0.1) is 0 Å². The Bertz CT molecular complexity index is 1020. The lowest BCUT2D eigenvalue weighted by atomic mass is 10.0.